The minimum atomic E-state index is -0.455. The number of H-pyrrole nitrogens is 1. The number of carbonyl (C=O) groups is 1. The normalized spacial score (nSPS) is 13.4. The van der Waals surface area contributed by atoms with Crippen LogP contribution in [0, 0.1) is 11.7 Å². The monoisotopic (exact) mass is 536 g/mol. The minimum Gasteiger partial charge on any atom is -0.465 e. The highest BCUT2D eigenvalue weighted by atomic mass is 19.1. The molecule has 39 heavy (non-hydrogen) atoms. The fraction of sp³-hybridized carbons (Fsp3) is 0.370. The quantitative estimate of drug-likeness (QED) is 0.304. The summed E-state index contributed by atoms with van der Waals surface area (Å²) in [4.78, 5) is 30.5. The van der Waals surface area contributed by atoms with Crippen molar-refractivity contribution in [2.75, 3.05) is 13.4 Å². The van der Waals surface area contributed by atoms with Crippen LogP contribution in [-0.2, 0) is 29.2 Å². The van der Waals surface area contributed by atoms with Crippen molar-refractivity contribution in [3.05, 3.63) is 75.6 Å². The van der Waals surface area contributed by atoms with Gasteiger partial charge in [0.2, 0.25) is 6.79 Å². The van der Waals surface area contributed by atoms with Crippen LogP contribution in [0.15, 0.2) is 47.3 Å². The Morgan fingerprint density at radius 3 is 2.62 bits per heavy atom. The van der Waals surface area contributed by atoms with Crippen molar-refractivity contribution in [3.63, 3.8) is 0 Å². The largest absolute Gasteiger partial charge is 0.465 e. The van der Waals surface area contributed by atoms with E-state index in [2.05, 4.69) is 25.4 Å². The standard InChI is InChI=1S/C27H29FN6O5/c1-4-37-24(35)14-34-26(30-31-32-34)25(16(2)3)33(12-17-5-7-20(28)8-6-17)13-19-9-18-10-22-23(39-15-38-22)11-21(18)29-27(19)36/h5-11,16,25H,4,12-15H2,1-3H3,(H,29,36)/t25-/m1/s1. The van der Waals surface area contributed by atoms with Gasteiger partial charge in [-0.1, -0.05) is 26.0 Å². The fourth-order valence-electron chi connectivity index (χ4n) is 4.80. The molecule has 4 aromatic rings. The van der Waals surface area contributed by atoms with Crippen LogP contribution in [0.2, 0.25) is 0 Å². The van der Waals surface area contributed by atoms with Gasteiger partial charge >= 0.3 is 5.97 Å². The number of rotatable bonds is 10. The van der Waals surface area contributed by atoms with Crippen LogP contribution in [0.3, 0.4) is 0 Å². The number of carbonyl (C=O) groups excluding carboxylic acids is 1. The summed E-state index contributed by atoms with van der Waals surface area (Å²) >= 11 is 0. The molecule has 1 atom stereocenters. The van der Waals surface area contributed by atoms with Crippen molar-refractivity contribution in [3.8, 4) is 11.5 Å². The van der Waals surface area contributed by atoms with Crippen LogP contribution >= 0.6 is 0 Å². The summed E-state index contributed by atoms with van der Waals surface area (Å²) in [6.07, 6.45) is 0. The third kappa shape index (κ3) is 5.75. The Morgan fingerprint density at radius 1 is 1.15 bits per heavy atom. The first-order valence-electron chi connectivity index (χ1n) is 12.7. The van der Waals surface area contributed by atoms with Gasteiger partial charge in [0.15, 0.2) is 17.3 Å². The van der Waals surface area contributed by atoms with Gasteiger partial charge in [-0.05, 0) is 53.1 Å². The van der Waals surface area contributed by atoms with Crippen LogP contribution in [-0.4, -0.2) is 49.5 Å². The van der Waals surface area contributed by atoms with Gasteiger partial charge in [0.1, 0.15) is 12.4 Å². The highest BCUT2D eigenvalue weighted by Crippen LogP contribution is 2.36. The number of benzene rings is 2. The molecule has 5 rings (SSSR count). The molecule has 1 aliphatic heterocycles. The van der Waals surface area contributed by atoms with E-state index < -0.39 is 12.0 Å². The molecule has 1 aliphatic rings. The Labute approximate surface area is 223 Å². The number of pyridine rings is 1. The summed E-state index contributed by atoms with van der Waals surface area (Å²) < 4.78 is 31.1. The Balaban J connectivity index is 1.54. The average Bonchev–Trinajstić information content (AvgIpc) is 3.54. The van der Waals surface area contributed by atoms with E-state index >= 15 is 0 Å². The number of ether oxygens (including phenoxy) is 3. The van der Waals surface area contributed by atoms with Gasteiger partial charge in [0.25, 0.3) is 5.56 Å². The lowest BCUT2D eigenvalue weighted by Gasteiger charge is -2.33. The zero-order valence-electron chi connectivity index (χ0n) is 21.9. The van der Waals surface area contributed by atoms with Crippen molar-refractivity contribution in [2.45, 2.75) is 46.4 Å². The van der Waals surface area contributed by atoms with Crippen molar-refractivity contribution in [1.29, 1.82) is 0 Å². The summed E-state index contributed by atoms with van der Waals surface area (Å²) in [5.74, 6) is 0.836. The van der Waals surface area contributed by atoms with E-state index in [-0.39, 0.29) is 43.8 Å². The molecule has 0 saturated carbocycles. The molecule has 204 valence electrons. The summed E-state index contributed by atoms with van der Waals surface area (Å²) in [5.41, 5.74) is 1.74. The zero-order chi connectivity index (χ0) is 27.5. The number of nitrogens with one attached hydrogen (secondary N) is 1. The second kappa shape index (κ2) is 11.2. The van der Waals surface area contributed by atoms with Crippen LogP contribution in [0.4, 0.5) is 4.39 Å². The highest BCUT2D eigenvalue weighted by Gasteiger charge is 2.31. The Kier molecular flexibility index (Phi) is 7.55. The molecule has 3 heterocycles. The van der Waals surface area contributed by atoms with Crippen LogP contribution in [0.5, 0.6) is 11.5 Å². The maximum atomic E-state index is 13.7. The molecule has 0 radical (unpaired) electrons. The Hall–Kier alpha value is -4.32. The molecular formula is C27H29FN6O5. The number of esters is 1. The minimum absolute atomic E-state index is 0.0225. The lowest BCUT2D eigenvalue weighted by atomic mass is 9.99. The maximum absolute atomic E-state index is 13.7. The lowest BCUT2D eigenvalue weighted by molar-refractivity contribution is -0.144. The molecule has 0 amide bonds. The molecule has 0 bridgehead atoms. The van der Waals surface area contributed by atoms with E-state index in [0.29, 0.717) is 34.9 Å². The van der Waals surface area contributed by atoms with Gasteiger partial charge in [-0.15, -0.1) is 5.10 Å². The summed E-state index contributed by atoms with van der Waals surface area (Å²) in [6, 6.07) is 11.2. The molecule has 0 unspecified atom stereocenters. The van der Waals surface area contributed by atoms with Gasteiger partial charge in [-0.25, -0.2) is 9.07 Å². The van der Waals surface area contributed by atoms with E-state index in [1.807, 2.05) is 26.0 Å². The molecule has 0 saturated heterocycles. The Morgan fingerprint density at radius 2 is 1.90 bits per heavy atom. The number of aromatic nitrogens is 5. The number of aromatic amines is 1. The van der Waals surface area contributed by atoms with Crippen molar-refractivity contribution < 1.29 is 23.4 Å². The average molecular weight is 537 g/mol. The number of halogens is 1. The van der Waals surface area contributed by atoms with E-state index in [9.17, 15) is 14.0 Å². The number of tetrazole rings is 1. The molecule has 1 N–H and O–H groups in total. The highest BCUT2D eigenvalue weighted by molar-refractivity contribution is 5.83. The first kappa shape index (κ1) is 26.3. The van der Waals surface area contributed by atoms with Gasteiger partial charge in [0, 0.05) is 30.1 Å². The van der Waals surface area contributed by atoms with Crippen molar-refractivity contribution in [1.82, 2.24) is 30.1 Å². The topological polar surface area (TPSA) is 124 Å². The molecule has 2 aromatic heterocycles. The molecule has 12 heteroatoms. The number of hydrogen-bond acceptors (Lipinski definition) is 9. The van der Waals surface area contributed by atoms with Crippen molar-refractivity contribution >= 4 is 16.9 Å². The van der Waals surface area contributed by atoms with Gasteiger partial charge in [-0.3, -0.25) is 14.5 Å². The van der Waals surface area contributed by atoms with E-state index in [4.69, 9.17) is 14.2 Å². The predicted molar refractivity (Wildman–Crippen MR) is 138 cm³/mol. The van der Waals surface area contributed by atoms with E-state index in [1.54, 1.807) is 25.1 Å². The SMILES string of the molecule is CCOC(=O)Cn1nnnc1[C@@H](C(C)C)N(Cc1ccc(F)cc1)Cc1cc2cc3c(cc2[nH]c1=O)OCO3. The first-order valence-corrected chi connectivity index (χ1v) is 12.7. The van der Waals surface area contributed by atoms with E-state index in [0.717, 1.165) is 10.9 Å². The van der Waals surface area contributed by atoms with Gasteiger partial charge in [-0.2, -0.15) is 0 Å². The summed E-state index contributed by atoms with van der Waals surface area (Å²) in [5, 5.41) is 12.9. The maximum Gasteiger partial charge on any atom is 0.327 e. The molecule has 11 nitrogen and oxygen atoms in total. The van der Waals surface area contributed by atoms with Crippen molar-refractivity contribution in [2.24, 2.45) is 5.92 Å². The molecular weight excluding hydrogens is 507 g/mol. The fourth-order valence-corrected chi connectivity index (χ4v) is 4.80. The summed E-state index contributed by atoms with van der Waals surface area (Å²) in [7, 11) is 0. The molecule has 0 fully saturated rings. The van der Waals surface area contributed by atoms with Crippen LogP contribution < -0.4 is 15.0 Å². The third-order valence-electron chi connectivity index (χ3n) is 6.52. The smallest absolute Gasteiger partial charge is 0.327 e. The lowest BCUT2D eigenvalue weighted by Crippen LogP contribution is -2.35. The second-order valence-electron chi connectivity index (χ2n) is 9.64. The predicted octanol–water partition coefficient (Wildman–Crippen LogP) is 3.35. The number of fused-ring (bicyclic) bond motifs is 2. The van der Waals surface area contributed by atoms with Crippen LogP contribution in [0.1, 0.15) is 43.8 Å². The van der Waals surface area contributed by atoms with Gasteiger partial charge < -0.3 is 19.2 Å². The molecule has 2 aromatic carbocycles. The third-order valence-corrected chi connectivity index (χ3v) is 6.52. The number of nitrogens with zero attached hydrogens (tertiary/aromatic N) is 5. The molecule has 0 aliphatic carbocycles. The Bertz CT molecular complexity index is 1530. The van der Waals surface area contributed by atoms with Gasteiger partial charge in [0.05, 0.1) is 18.2 Å². The zero-order valence-corrected chi connectivity index (χ0v) is 21.9. The van der Waals surface area contributed by atoms with Crippen LogP contribution in [0.25, 0.3) is 10.9 Å². The second-order valence-corrected chi connectivity index (χ2v) is 9.64. The molecule has 0 spiro atoms. The number of hydrogen-bond donors (Lipinski definition) is 1. The first-order chi connectivity index (χ1) is 18.8. The summed E-state index contributed by atoms with van der Waals surface area (Å²) in [6.45, 7) is 6.58. The van der Waals surface area contributed by atoms with E-state index in [1.165, 1.54) is 16.8 Å².